The molecule has 0 radical (unpaired) electrons. The number of hydrogen-bond donors (Lipinski definition) is 3. The van der Waals surface area contributed by atoms with Gasteiger partial charge < -0.3 is 16.0 Å². The van der Waals surface area contributed by atoms with E-state index >= 15 is 0 Å². The van der Waals surface area contributed by atoms with Crippen molar-refractivity contribution in [2.45, 2.75) is 40.2 Å². The first-order valence-electron chi connectivity index (χ1n) is 9.95. The molecule has 6 heteroatoms. The van der Waals surface area contributed by atoms with E-state index in [2.05, 4.69) is 22.9 Å². The van der Waals surface area contributed by atoms with Crippen LogP contribution >= 0.6 is 0 Å². The minimum absolute atomic E-state index is 0.301. The van der Waals surface area contributed by atoms with Crippen LogP contribution in [0.5, 0.6) is 0 Å². The zero-order valence-electron chi connectivity index (χ0n) is 17.2. The van der Waals surface area contributed by atoms with Crippen LogP contribution in [-0.4, -0.2) is 24.3 Å². The van der Waals surface area contributed by atoms with Crippen LogP contribution in [0.3, 0.4) is 0 Å². The first kappa shape index (κ1) is 22.1. The molecule has 3 N–H and O–H groups in total. The van der Waals surface area contributed by atoms with Gasteiger partial charge in [-0.1, -0.05) is 57.2 Å². The maximum atomic E-state index is 12.6. The zero-order valence-corrected chi connectivity index (χ0v) is 17.2. The number of amides is 3. The summed E-state index contributed by atoms with van der Waals surface area (Å²) in [6.07, 6.45) is 1.75. The monoisotopic (exact) mass is 395 g/mol. The van der Waals surface area contributed by atoms with Crippen LogP contribution in [0.25, 0.3) is 0 Å². The Kier molecular flexibility index (Phi) is 8.40. The van der Waals surface area contributed by atoms with E-state index in [0.29, 0.717) is 30.3 Å². The Bertz CT molecular complexity index is 845. The summed E-state index contributed by atoms with van der Waals surface area (Å²) in [6, 6.07) is 14.7. The Morgan fingerprint density at radius 2 is 1.52 bits per heavy atom. The maximum Gasteiger partial charge on any atom is 0.313 e. The average Bonchev–Trinajstić information content (AvgIpc) is 2.72. The summed E-state index contributed by atoms with van der Waals surface area (Å²) in [5, 5.41) is 7.97. The number of aryl methyl sites for hydroxylation is 1. The number of rotatable bonds is 8. The highest BCUT2D eigenvalue weighted by Crippen LogP contribution is 2.15. The van der Waals surface area contributed by atoms with Crippen molar-refractivity contribution in [3.8, 4) is 0 Å². The van der Waals surface area contributed by atoms with Gasteiger partial charge in [-0.3, -0.25) is 14.4 Å². The van der Waals surface area contributed by atoms with Crippen LogP contribution in [0.4, 0.5) is 5.69 Å². The lowest BCUT2D eigenvalue weighted by Gasteiger charge is -2.12. The predicted molar refractivity (Wildman–Crippen MR) is 115 cm³/mol. The third-order valence-corrected chi connectivity index (χ3v) is 4.52. The molecule has 0 atom stereocenters. The largest absolute Gasteiger partial charge is 0.348 e. The van der Waals surface area contributed by atoms with Crippen LogP contribution in [0.15, 0.2) is 48.5 Å². The van der Waals surface area contributed by atoms with Crippen molar-refractivity contribution in [3.05, 3.63) is 65.2 Å². The molecule has 0 aliphatic heterocycles. The van der Waals surface area contributed by atoms with E-state index in [0.717, 1.165) is 18.4 Å². The van der Waals surface area contributed by atoms with Gasteiger partial charge in [-0.05, 0) is 42.0 Å². The van der Waals surface area contributed by atoms with Crippen LogP contribution in [-0.2, 0) is 22.6 Å². The van der Waals surface area contributed by atoms with E-state index in [1.54, 1.807) is 24.3 Å². The Balaban J connectivity index is 1.96. The summed E-state index contributed by atoms with van der Waals surface area (Å²) in [5.41, 5.74) is 2.83. The quantitative estimate of drug-likeness (QED) is 0.600. The summed E-state index contributed by atoms with van der Waals surface area (Å²) in [4.78, 5) is 36.7. The van der Waals surface area contributed by atoms with Crippen molar-refractivity contribution >= 4 is 23.4 Å². The summed E-state index contributed by atoms with van der Waals surface area (Å²) in [7, 11) is 0. The highest BCUT2D eigenvalue weighted by molar-refractivity contribution is 6.40. The van der Waals surface area contributed by atoms with Gasteiger partial charge in [0.05, 0.1) is 11.3 Å². The maximum absolute atomic E-state index is 12.6. The Labute approximate surface area is 172 Å². The first-order valence-corrected chi connectivity index (χ1v) is 9.95. The molecular formula is C23H29N3O3. The third-order valence-electron chi connectivity index (χ3n) is 4.52. The van der Waals surface area contributed by atoms with Crippen molar-refractivity contribution in [2.24, 2.45) is 5.92 Å². The molecule has 2 rings (SSSR count). The van der Waals surface area contributed by atoms with E-state index < -0.39 is 11.8 Å². The smallest absolute Gasteiger partial charge is 0.313 e. The zero-order chi connectivity index (χ0) is 21.2. The third kappa shape index (κ3) is 7.07. The highest BCUT2D eigenvalue weighted by Gasteiger charge is 2.17. The van der Waals surface area contributed by atoms with E-state index in [-0.39, 0.29) is 5.91 Å². The molecule has 0 unspecified atom stereocenters. The molecule has 0 aliphatic rings. The van der Waals surface area contributed by atoms with Crippen LogP contribution in [0, 0.1) is 5.92 Å². The second-order valence-corrected chi connectivity index (χ2v) is 7.29. The summed E-state index contributed by atoms with van der Waals surface area (Å²) < 4.78 is 0. The summed E-state index contributed by atoms with van der Waals surface area (Å²) in [6.45, 7) is 6.98. The average molecular weight is 396 g/mol. The van der Waals surface area contributed by atoms with Gasteiger partial charge in [0.15, 0.2) is 0 Å². The number of carbonyl (C=O) groups is 3. The number of carbonyl (C=O) groups excluding carboxylic acids is 3. The van der Waals surface area contributed by atoms with E-state index in [4.69, 9.17) is 0 Å². The van der Waals surface area contributed by atoms with Gasteiger partial charge >= 0.3 is 11.8 Å². The SMILES string of the molecule is CCc1ccc(CNC(=O)c2ccccc2NC(=O)C(=O)NCCC(C)C)cc1. The molecule has 0 spiro atoms. The van der Waals surface area contributed by atoms with Gasteiger partial charge in [0.2, 0.25) is 0 Å². The molecular weight excluding hydrogens is 366 g/mol. The molecule has 0 bridgehead atoms. The predicted octanol–water partition coefficient (Wildman–Crippen LogP) is 3.28. The van der Waals surface area contributed by atoms with Gasteiger partial charge in [-0.15, -0.1) is 0 Å². The first-order chi connectivity index (χ1) is 13.9. The lowest BCUT2D eigenvalue weighted by atomic mass is 10.1. The van der Waals surface area contributed by atoms with Crippen molar-refractivity contribution < 1.29 is 14.4 Å². The highest BCUT2D eigenvalue weighted by atomic mass is 16.2. The van der Waals surface area contributed by atoms with Gasteiger partial charge in [0.25, 0.3) is 5.91 Å². The fourth-order valence-electron chi connectivity index (χ4n) is 2.69. The summed E-state index contributed by atoms with van der Waals surface area (Å²) >= 11 is 0. The number of anilines is 1. The van der Waals surface area contributed by atoms with Gasteiger partial charge in [-0.2, -0.15) is 0 Å². The minimum atomic E-state index is -0.788. The second kappa shape index (κ2) is 11.0. The van der Waals surface area contributed by atoms with Crippen molar-refractivity contribution in [1.29, 1.82) is 0 Å². The van der Waals surface area contributed by atoms with Crippen LogP contribution in [0.2, 0.25) is 0 Å². The normalized spacial score (nSPS) is 10.5. The summed E-state index contributed by atoms with van der Waals surface area (Å²) in [5.74, 6) is -1.39. The molecule has 3 amide bonds. The molecule has 0 fully saturated rings. The fourth-order valence-corrected chi connectivity index (χ4v) is 2.69. The van der Waals surface area contributed by atoms with Crippen LogP contribution < -0.4 is 16.0 Å². The van der Waals surface area contributed by atoms with E-state index in [9.17, 15) is 14.4 Å². The Morgan fingerprint density at radius 1 is 0.862 bits per heavy atom. The minimum Gasteiger partial charge on any atom is -0.348 e. The molecule has 0 aliphatic carbocycles. The van der Waals surface area contributed by atoms with Gasteiger partial charge in [-0.25, -0.2) is 0 Å². The number of hydrogen-bond acceptors (Lipinski definition) is 3. The Hall–Kier alpha value is -3.15. The standard InChI is InChI=1S/C23H29N3O3/c1-4-17-9-11-18(12-10-17)15-25-21(27)19-7-5-6-8-20(19)26-23(29)22(28)24-14-13-16(2)3/h5-12,16H,4,13-15H2,1-3H3,(H,24,28)(H,25,27)(H,26,29). The molecule has 29 heavy (non-hydrogen) atoms. The molecule has 0 saturated carbocycles. The fraction of sp³-hybridized carbons (Fsp3) is 0.348. The molecule has 0 aromatic heterocycles. The van der Waals surface area contributed by atoms with Crippen LogP contribution in [0.1, 0.15) is 48.7 Å². The molecule has 154 valence electrons. The van der Waals surface area contributed by atoms with Crippen molar-refractivity contribution in [1.82, 2.24) is 10.6 Å². The van der Waals surface area contributed by atoms with Gasteiger partial charge in [0.1, 0.15) is 0 Å². The lowest BCUT2D eigenvalue weighted by molar-refractivity contribution is -0.136. The molecule has 2 aromatic carbocycles. The van der Waals surface area contributed by atoms with E-state index in [1.807, 2.05) is 38.1 Å². The number of para-hydroxylation sites is 1. The van der Waals surface area contributed by atoms with Crippen molar-refractivity contribution in [2.75, 3.05) is 11.9 Å². The Morgan fingerprint density at radius 3 is 2.17 bits per heavy atom. The second-order valence-electron chi connectivity index (χ2n) is 7.29. The van der Waals surface area contributed by atoms with E-state index in [1.165, 1.54) is 5.56 Å². The molecule has 0 heterocycles. The number of nitrogens with one attached hydrogen (secondary N) is 3. The molecule has 6 nitrogen and oxygen atoms in total. The van der Waals surface area contributed by atoms with Crippen molar-refractivity contribution in [3.63, 3.8) is 0 Å². The number of benzene rings is 2. The lowest BCUT2D eigenvalue weighted by Crippen LogP contribution is -2.36. The van der Waals surface area contributed by atoms with Gasteiger partial charge in [0, 0.05) is 13.1 Å². The topological polar surface area (TPSA) is 87.3 Å². The molecule has 0 saturated heterocycles. The molecule has 2 aromatic rings.